The molecule has 1 amide bonds. The number of rotatable bonds is 3. The minimum atomic E-state index is -0.364. The van der Waals surface area contributed by atoms with Gasteiger partial charge in [-0.2, -0.15) is 0 Å². The summed E-state index contributed by atoms with van der Waals surface area (Å²) in [4.78, 5) is 28.2. The zero-order valence-corrected chi connectivity index (χ0v) is 12.2. The molecule has 4 nitrogen and oxygen atoms in total. The minimum Gasteiger partial charge on any atom is -0.337 e. The first-order valence-electron chi connectivity index (χ1n) is 7.06. The summed E-state index contributed by atoms with van der Waals surface area (Å²) in [5.74, 6) is -0.283. The Labute approximate surface area is 128 Å². The second kappa shape index (κ2) is 5.85. The molecule has 22 heavy (non-hydrogen) atoms. The first-order chi connectivity index (χ1) is 10.7. The van der Waals surface area contributed by atoms with Gasteiger partial charge in [0, 0.05) is 19.8 Å². The molecule has 110 valence electrons. The van der Waals surface area contributed by atoms with Crippen LogP contribution in [0.2, 0.25) is 0 Å². The van der Waals surface area contributed by atoms with Crippen molar-refractivity contribution in [2.45, 2.75) is 6.54 Å². The molecule has 1 aromatic heterocycles. The average molecular weight is 292 g/mol. The SMILES string of the molecule is CN(Cc1cccc2ccccc12)C(=O)c1ccc[nH]c1=O. The molecule has 0 radical (unpaired) electrons. The predicted octanol–water partition coefficient (Wildman–Crippen LogP) is 2.80. The quantitative estimate of drug-likeness (QED) is 0.807. The smallest absolute Gasteiger partial charge is 0.260 e. The van der Waals surface area contributed by atoms with Crippen molar-refractivity contribution in [2.24, 2.45) is 0 Å². The Balaban J connectivity index is 1.90. The van der Waals surface area contributed by atoms with Crippen LogP contribution in [0.15, 0.2) is 65.6 Å². The molecule has 0 spiro atoms. The van der Waals surface area contributed by atoms with Crippen LogP contribution in [0.5, 0.6) is 0 Å². The Morgan fingerprint density at radius 3 is 2.64 bits per heavy atom. The van der Waals surface area contributed by atoms with E-state index >= 15 is 0 Å². The first kappa shape index (κ1) is 14.1. The van der Waals surface area contributed by atoms with Crippen LogP contribution in [0.3, 0.4) is 0 Å². The normalized spacial score (nSPS) is 10.6. The van der Waals surface area contributed by atoms with E-state index in [2.05, 4.69) is 4.98 Å². The summed E-state index contributed by atoms with van der Waals surface area (Å²) < 4.78 is 0. The monoisotopic (exact) mass is 292 g/mol. The van der Waals surface area contributed by atoms with Gasteiger partial charge in [0.15, 0.2) is 0 Å². The highest BCUT2D eigenvalue weighted by Gasteiger charge is 2.15. The summed E-state index contributed by atoms with van der Waals surface area (Å²) in [7, 11) is 1.70. The largest absolute Gasteiger partial charge is 0.337 e. The molecular weight excluding hydrogens is 276 g/mol. The second-order valence-electron chi connectivity index (χ2n) is 5.21. The van der Waals surface area contributed by atoms with Crippen molar-refractivity contribution in [3.05, 3.63) is 82.3 Å². The average Bonchev–Trinajstić information content (AvgIpc) is 2.55. The molecule has 0 aliphatic heterocycles. The Morgan fingerprint density at radius 1 is 1.05 bits per heavy atom. The summed E-state index contributed by atoms with van der Waals surface area (Å²) in [5.41, 5.74) is 0.851. The Bertz CT molecular complexity index is 878. The highest BCUT2D eigenvalue weighted by Crippen LogP contribution is 2.20. The van der Waals surface area contributed by atoms with Gasteiger partial charge in [-0.25, -0.2) is 0 Å². The number of nitrogens with one attached hydrogen (secondary N) is 1. The molecule has 0 saturated heterocycles. The molecule has 0 atom stereocenters. The van der Waals surface area contributed by atoms with Gasteiger partial charge in [0.1, 0.15) is 5.56 Å². The van der Waals surface area contributed by atoms with Gasteiger partial charge in [-0.3, -0.25) is 9.59 Å². The third-order valence-electron chi connectivity index (χ3n) is 3.68. The van der Waals surface area contributed by atoms with E-state index in [0.717, 1.165) is 16.3 Å². The number of fused-ring (bicyclic) bond motifs is 1. The maximum Gasteiger partial charge on any atom is 0.260 e. The summed E-state index contributed by atoms with van der Waals surface area (Å²) in [6, 6.07) is 17.3. The van der Waals surface area contributed by atoms with Gasteiger partial charge in [0.2, 0.25) is 0 Å². The van der Waals surface area contributed by atoms with Crippen LogP contribution in [-0.2, 0) is 6.54 Å². The van der Waals surface area contributed by atoms with Gasteiger partial charge in [-0.05, 0) is 28.5 Å². The van der Waals surface area contributed by atoms with Crippen LogP contribution < -0.4 is 5.56 Å². The van der Waals surface area contributed by atoms with Crippen LogP contribution in [0.25, 0.3) is 10.8 Å². The molecule has 0 fully saturated rings. The number of carbonyl (C=O) groups is 1. The first-order valence-corrected chi connectivity index (χ1v) is 7.06. The van der Waals surface area contributed by atoms with Crippen LogP contribution in [0, 0.1) is 0 Å². The standard InChI is InChI=1S/C18H16N2O2/c1-20(18(22)16-10-5-11-19-17(16)21)12-14-8-4-7-13-6-2-3-9-15(13)14/h2-11H,12H2,1H3,(H,19,21). The van der Waals surface area contributed by atoms with Crippen molar-refractivity contribution < 1.29 is 4.79 Å². The van der Waals surface area contributed by atoms with Crippen molar-refractivity contribution >= 4 is 16.7 Å². The van der Waals surface area contributed by atoms with Crippen molar-refractivity contribution in [1.29, 1.82) is 0 Å². The molecule has 4 heteroatoms. The Kier molecular flexibility index (Phi) is 3.74. The molecule has 0 saturated carbocycles. The fourth-order valence-corrected chi connectivity index (χ4v) is 2.55. The van der Waals surface area contributed by atoms with Gasteiger partial charge >= 0.3 is 0 Å². The van der Waals surface area contributed by atoms with E-state index in [1.54, 1.807) is 24.1 Å². The number of hydrogen-bond acceptors (Lipinski definition) is 2. The van der Waals surface area contributed by atoms with Crippen molar-refractivity contribution in [3.8, 4) is 0 Å². The maximum atomic E-state index is 12.4. The van der Waals surface area contributed by atoms with Gasteiger partial charge in [0.05, 0.1) is 0 Å². The number of aromatic amines is 1. The van der Waals surface area contributed by atoms with E-state index in [4.69, 9.17) is 0 Å². The van der Waals surface area contributed by atoms with Gasteiger partial charge in [-0.1, -0.05) is 42.5 Å². The van der Waals surface area contributed by atoms with E-state index in [1.165, 1.54) is 6.20 Å². The van der Waals surface area contributed by atoms with E-state index < -0.39 is 0 Å². The predicted molar refractivity (Wildman–Crippen MR) is 86.8 cm³/mol. The number of benzene rings is 2. The van der Waals surface area contributed by atoms with E-state index in [-0.39, 0.29) is 17.0 Å². The lowest BCUT2D eigenvalue weighted by atomic mass is 10.0. The highest BCUT2D eigenvalue weighted by atomic mass is 16.2. The molecule has 1 N–H and O–H groups in total. The zero-order valence-electron chi connectivity index (χ0n) is 12.2. The maximum absolute atomic E-state index is 12.4. The lowest BCUT2D eigenvalue weighted by Crippen LogP contribution is -2.31. The van der Waals surface area contributed by atoms with Crippen molar-refractivity contribution in [1.82, 2.24) is 9.88 Å². The van der Waals surface area contributed by atoms with E-state index in [0.29, 0.717) is 6.54 Å². The van der Waals surface area contributed by atoms with Crippen LogP contribution in [-0.4, -0.2) is 22.8 Å². The molecule has 3 aromatic rings. The van der Waals surface area contributed by atoms with Crippen molar-refractivity contribution in [3.63, 3.8) is 0 Å². The van der Waals surface area contributed by atoms with Gasteiger partial charge in [0.25, 0.3) is 11.5 Å². The molecule has 0 unspecified atom stereocenters. The van der Waals surface area contributed by atoms with Crippen LogP contribution in [0.1, 0.15) is 15.9 Å². The number of hydrogen-bond donors (Lipinski definition) is 1. The lowest BCUT2D eigenvalue weighted by molar-refractivity contribution is 0.0784. The van der Waals surface area contributed by atoms with Crippen LogP contribution >= 0.6 is 0 Å². The van der Waals surface area contributed by atoms with Crippen LogP contribution in [0.4, 0.5) is 0 Å². The highest BCUT2D eigenvalue weighted by molar-refractivity contribution is 5.94. The van der Waals surface area contributed by atoms with Gasteiger partial charge < -0.3 is 9.88 Å². The van der Waals surface area contributed by atoms with E-state index in [9.17, 15) is 9.59 Å². The van der Waals surface area contributed by atoms with Crippen molar-refractivity contribution in [2.75, 3.05) is 7.05 Å². The number of carbonyl (C=O) groups excluding carboxylic acids is 1. The second-order valence-corrected chi connectivity index (χ2v) is 5.21. The third-order valence-corrected chi connectivity index (χ3v) is 3.68. The molecule has 0 bridgehead atoms. The summed E-state index contributed by atoms with van der Waals surface area (Å²) in [5, 5.41) is 2.25. The summed E-state index contributed by atoms with van der Waals surface area (Å²) in [6.45, 7) is 0.453. The summed E-state index contributed by atoms with van der Waals surface area (Å²) in [6.07, 6.45) is 1.52. The number of nitrogens with zero attached hydrogens (tertiary/aromatic N) is 1. The number of pyridine rings is 1. The number of H-pyrrole nitrogens is 1. The molecule has 3 rings (SSSR count). The Hall–Kier alpha value is -2.88. The third kappa shape index (κ3) is 2.63. The molecule has 1 heterocycles. The fraction of sp³-hybridized carbons (Fsp3) is 0.111. The number of aromatic nitrogens is 1. The molecule has 0 aliphatic rings. The molecule has 2 aromatic carbocycles. The lowest BCUT2D eigenvalue weighted by Gasteiger charge is -2.18. The molecular formula is C18H16N2O2. The Morgan fingerprint density at radius 2 is 1.82 bits per heavy atom. The molecule has 0 aliphatic carbocycles. The topological polar surface area (TPSA) is 53.2 Å². The fourth-order valence-electron chi connectivity index (χ4n) is 2.55. The zero-order chi connectivity index (χ0) is 15.5. The summed E-state index contributed by atoms with van der Waals surface area (Å²) >= 11 is 0. The minimum absolute atomic E-state index is 0.158. The van der Waals surface area contributed by atoms with Gasteiger partial charge in [-0.15, -0.1) is 0 Å². The number of amides is 1. The van der Waals surface area contributed by atoms with E-state index in [1.807, 2.05) is 42.5 Å².